The van der Waals surface area contributed by atoms with Crippen LogP contribution in [0, 0.1) is 0 Å². The first kappa shape index (κ1) is 14.0. The van der Waals surface area contributed by atoms with Gasteiger partial charge in [0.2, 0.25) is 0 Å². The molecule has 0 atom stereocenters. The van der Waals surface area contributed by atoms with E-state index >= 15 is 0 Å². The molecule has 16 heavy (non-hydrogen) atoms. The highest BCUT2D eigenvalue weighted by molar-refractivity contribution is 4.91. The van der Waals surface area contributed by atoms with Gasteiger partial charge in [-0.3, -0.25) is 5.73 Å². The Hall–Kier alpha value is -0.0400. The Morgan fingerprint density at radius 1 is 0.812 bits per heavy atom. The summed E-state index contributed by atoms with van der Waals surface area (Å²) in [5.41, 5.74) is 8.07. The molecule has 0 aliphatic heterocycles. The van der Waals surface area contributed by atoms with Crippen molar-refractivity contribution in [2.45, 2.75) is 95.9 Å². The molecule has 95 valence electrons. The molecule has 1 radical (unpaired) electrons. The van der Waals surface area contributed by atoms with Crippen LogP contribution in [0.15, 0.2) is 0 Å². The van der Waals surface area contributed by atoms with E-state index in [1.54, 1.807) is 0 Å². The molecule has 1 N–H and O–H groups in total. The van der Waals surface area contributed by atoms with E-state index in [0.717, 1.165) is 0 Å². The normalized spacial score (nSPS) is 18.4. The Bertz CT molecular complexity index is 161. The van der Waals surface area contributed by atoms with Gasteiger partial charge in [-0.2, -0.15) is 0 Å². The Morgan fingerprint density at radius 3 is 1.75 bits per heavy atom. The summed E-state index contributed by atoms with van der Waals surface area (Å²) in [6.07, 6.45) is 17.4. The smallest absolute Gasteiger partial charge is 0.0324 e. The minimum Gasteiger partial charge on any atom is -0.251 e. The largest absolute Gasteiger partial charge is 0.251 e. The first-order chi connectivity index (χ1) is 7.77. The molecule has 0 spiro atoms. The van der Waals surface area contributed by atoms with Gasteiger partial charge < -0.3 is 0 Å². The highest BCUT2D eigenvalue weighted by Crippen LogP contribution is 2.35. The summed E-state index contributed by atoms with van der Waals surface area (Å²) in [4.78, 5) is 0. The zero-order valence-electron chi connectivity index (χ0n) is 11.2. The van der Waals surface area contributed by atoms with E-state index in [0.29, 0.717) is 0 Å². The van der Waals surface area contributed by atoms with Crippen LogP contribution >= 0.6 is 0 Å². The fourth-order valence-corrected chi connectivity index (χ4v) is 2.63. The standard InChI is InChI=1S/C15H30N/c1-2-3-4-5-6-7-8-9-10-12-15(16)13-11-14-15/h16H,2-14H2,1H3. The van der Waals surface area contributed by atoms with Gasteiger partial charge in [-0.25, -0.2) is 0 Å². The van der Waals surface area contributed by atoms with E-state index in [9.17, 15) is 0 Å². The molecule has 0 aromatic heterocycles. The van der Waals surface area contributed by atoms with Crippen LogP contribution < -0.4 is 5.73 Å². The van der Waals surface area contributed by atoms with Crippen LogP contribution in [0.2, 0.25) is 0 Å². The maximum Gasteiger partial charge on any atom is 0.0324 e. The van der Waals surface area contributed by atoms with Gasteiger partial charge in [0.15, 0.2) is 0 Å². The fourth-order valence-electron chi connectivity index (χ4n) is 2.63. The van der Waals surface area contributed by atoms with Crippen molar-refractivity contribution < 1.29 is 0 Å². The molecule has 1 fully saturated rings. The number of unbranched alkanes of at least 4 members (excludes halogenated alkanes) is 8. The number of hydrogen-bond donors (Lipinski definition) is 0. The minimum atomic E-state index is 0.0150. The summed E-state index contributed by atoms with van der Waals surface area (Å²) in [5.74, 6) is 0. The lowest BCUT2D eigenvalue weighted by molar-refractivity contribution is 0.214. The Balaban J connectivity index is 1.74. The van der Waals surface area contributed by atoms with E-state index in [1.165, 1.54) is 83.5 Å². The predicted molar refractivity (Wildman–Crippen MR) is 71.5 cm³/mol. The molecule has 1 aliphatic carbocycles. The van der Waals surface area contributed by atoms with Crippen molar-refractivity contribution in [1.82, 2.24) is 5.73 Å². The van der Waals surface area contributed by atoms with Crippen molar-refractivity contribution >= 4 is 0 Å². The van der Waals surface area contributed by atoms with Gasteiger partial charge in [-0.05, 0) is 25.7 Å². The molecule has 1 saturated carbocycles. The van der Waals surface area contributed by atoms with Crippen LogP contribution in [0.1, 0.15) is 90.4 Å². The van der Waals surface area contributed by atoms with Crippen molar-refractivity contribution in [3.63, 3.8) is 0 Å². The first-order valence-corrected chi connectivity index (χ1v) is 7.52. The van der Waals surface area contributed by atoms with Crippen molar-refractivity contribution in [3.05, 3.63) is 0 Å². The van der Waals surface area contributed by atoms with E-state index in [1.807, 2.05) is 0 Å². The Labute approximate surface area is 102 Å². The summed E-state index contributed by atoms with van der Waals surface area (Å²) in [6.45, 7) is 2.27. The fraction of sp³-hybridized carbons (Fsp3) is 1.00. The molecular weight excluding hydrogens is 194 g/mol. The molecule has 0 bridgehead atoms. The van der Waals surface area contributed by atoms with Gasteiger partial charge >= 0.3 is 0 Å². The Morgan fingerprint density at radius 2 is 1.31 bits per heavy atom. The molecule has 0 amide bonds. The lowest BCUT2D eigenvalue weighted by Gasteiger charge is -2.37. The van der Waals surface area contributed by atoms with E-state index in [4.69, 9.17) is 5.73 Å². The second-order valence-corrected chi connectivity index (χ2v) is 5.71. The molecular formula is C15H30N. The number of rotatable bonds is 10. The summed E-state index contributed by atoms with van der Waals surface area (Å²) in [6, 6.07) is 0. The number of nitrogens with one attached hydrogen (secondary N) is 1. The second-order valence-electron chi connectivity index (χ2n) is 5.71. The van der Waals surface area contributed by atoms with Crippen LogP contribution in [0.4, 0.5) is 0 Å². The zero-order valence-corrected chi connectivity index (χ0v) is 11.2. The zero-order chi connectivity index (χ0) is 11.7. The molecule has 0 saturated heterocycles. The average Bonchev–Trinajstić information content (AvgIpc) is 2.24. The van der Waals surface area contributed by atoms with Crippen LogP contribution in [0.5, 0.6) is 0 Å². The van der Waals surface area contributed by atoms with Crippen molar-refractivity contribution in [2.24, 2.45) is 0 Å². The lowest BCUT2D eigenvalue weighted by Crippen LogP contribution is -2.38. The van der Waals surface area contributed by atoms with Gasteiger partial charge in [-0.1, -0.05) is 64.7 Å². The molecule has 0 aromatic rings. The average molecular weight is 224 g/mol. The summed E-state index contributed by atoms with van der Waals surface area (Å²) in [7, 11) is 0. The van der Waals surface area contributed by atoms with Gasteiger partial charge in [0.1, 0.15) is 0 Å². The topological polar surface area (TPSA) is 23.8 Å². The number of hydrogen-bond acceptors (Lipinski definition) is 0. The van der Waals surface area contributed by atoms with Gasteiger partial charge in [0, 0.05) is 5.54 Å². The van der Waals surface area contributed by atoms with Gasteiger partial charge in [-0.15, -0.1) is 0 Å². The van der Waals surface area contributed by atoms with Crippen LogP contribution in [0.25, 0.3) is 0 Å². The van der Waals surface area contributed by atoms with E-state index < -0.39 is 0 Å². The van der Waals surface area contributed by atoms with E-state index in [-0.39, 0.29) is 5.54 Å². The molecule has 1 nitrogen and oxygen atoms in total. The third-order valence-corrected chi connectivity index (χ3v) is 4.07. The van der Waals surface area contributed by atoms with Crippen LogP contribution in [-0.2, 0) is 0 Å². The lowest BCUT2D eigenvalue weighted by atomic mass is 9.74. The van der Waals surface area contributed by atoms with Gasteiger partial charge in [0.05, 0.1) is 0 Å². The first-order valence-electron chi connectivity index (χ1n) is 7.52. The van der Waals surface area contributed by atoms with Crippen LogP contribution in [0.3, 0.4) is 0 Å². The molecule has 1 heteroatoms. The predicted octanol–water partition coefficient (Wildman–Crippen LogP) is 5.11. The summed E-state index contributed by atoms with van der Waals surface area (Å²) in [5, 5.41) is 0. The minimum absolute atomic E-state index is 0.0150. The van der Waals surface area contributed by atoms with E-state index in [2.05, 4.69) is 6.92 Å². The molecule has 0 heterocycles. The van der Waals surface area contributed by atoms with Crippen molar-refractivity contribution in [1.29, 1.82) is 0 Å². The summed E-state index contributed by atoms with van der Waals surface area (Å²) < 4.78 is 0. The second kappa shape index (κ2) is 8.11. The third kappa shape index (κ3) is 5.89. The quantitative estimate of drug-likeness (QED) is 0.460. The maximum atomic E-state index is 8.05. The van der Waals surface area contributed by atoms with Crippen LogP contribution in [-0.4, -0.2) is 5.54 Å². The molecule has 1 aliphatic rings. The Kier molecular flexibility index (Phi) is 7.11. The monoisotopic (exact) mass is 224 g/mol. The molecule has 1 rings (SSSR count). The highest BCUT2D eigenvalue weighted by Gasteiger charge is 2.32. The van der Waals surface area contributed by atoms with Gasteiger partial charge in [0.25, 0.3) is 0 Å². The summed E-state index contributed by atoms with van der Waals surface area (Å²) >= 11 is 0. The SMILES string of the molecule is CCCCCCCCCCCC1([NH])CCC1. The third-order valence-electron chi connectivity index (χ3n) is 4.07. The highest BCUT2D eigenvalue weighted by atomic mass is 14.8. The molecule has 0 unspecified atom stereocenters. The van der Waals surface area contributed by atoms with Crippen molar-refractivity contribution in [3.8, 4) is 0 Å². The maximum absolute atomic E-state index is 8.05. The van der Waals surface area contributed by atoms with Crippen molar-refractivity contribution in [2.75, 3.05) is 0 Å². The molecule has 0 aromatic carbocycles.